The number of benzene rings is 1. The molecule has 0 aliphatic carbocycles. The summed E-state index contributed by atoms with van der Waals surface area (Å²) in [4.78, 5) is 12.2. The fourth-order valence-corrected chi connectivity index (χ4v) is 4.91. The van der Waals surface area contributed by atoms with Gasteiger partial charge in [-0.15, -0.1) is 0 Å². The van der Waals surface area contributed by atoms with Crippen molar-refractivity contribution in [2.45, 2.75) is 19.4 Å². The van der Waals surface area contributed by atoms with E-state index in [-0.39, 0.29) is 23.5 Å². The quantitative estimate of drug-likeness (QED) is 0.766. The normalized spacial score (nSPS) is 19.4. The average molecular weight is 424 g/mol. The van der Waals surface area contributed by atoms with E-state index in [9.17, 15) is 13.2 Å². The molecule has 1 amide bonds. The van der Waals surface area contributed by atoms with Gasteiger partial charge in [0.05, 0.1) is 23.2 Å². The lowest BCUT2D eigenvalue weighted by Crippen LogP contribution is -2.18. The minimum atomic E-state index is -3.02. The Balaban J connectivity index is 1.75. The Morgan fingerprint density at radius 2 is 2.16 bits per heavy atom. The topological polar surface area (TPSA) is 81.1 Å². The number of anilines is 1. The molecule has 1 fully saturated rings. The van der Waals surface area contributed by atoms with E-state index in [0.717, 1.165) is 15.7 Å². The molecule has 1 unspecified atom stereocenters. The standard InChI is InChI=1S/C17H18BrN3O3S/c1-12-10-16(21(20-12)14-8-9-25(23,24)11-14)19-17(22)7-6-13-4-2-3-5-15(13)18/h2-7,10,14H,8-9,11H2,1H3,(H,19,22)/b7-6+. The Hall–Kier alpha value is -1.93. The number of nitrogens with one attached hydrogen (secondary N) is 1. The first-order valence-electron chi connectivity index (χ1n) is 7.84. The Morgan fingerprint density at radius 3 is 2.84 bits per heavy atom. The first-order chi connectivity index (χ1) is 11.8. The van der Waals surface area contributed by atoms with Gasteiger partial charge in [0.25, 0.3) is 0 Å². The molecule has 2 heterocycles. The summed E-state index contributed by atoms with van der Waals surface area (Å²) in [6.07, 6.45) is 3.67. The molecule has 1 aromatic heterocycles. The fraction of sp³-hybridized carbons (Fsp3) is 0.294. The largest absolute Gasteiger partial charge is 0.307 e. The summed E-state index contributed by atoms with van der Waals surface area (Å²) in [5, 5.41) is 7.14. The second-order valence-electron chi connectivity index (χ2n) is 6.02. The molecule has 3 rings (SSSR count). The average Bonchev–Trinajstić information content (AvgIpc) is 3.08. The van der Waals surface area contributed by atoms with Gasteiger partial charge in [-0.3, -0.25) is 4.79 Å². The highest BCUT2D eigenvalue weighted by molar-refractivity contribution is 9.10. The number of hydrogen-bond donors (Lipinski definition) is 1. The summed E-state index contributed by atoms with van der Waals surface area (Å²) < 4.78 is 25.9. The molecule has 1 aromatic carbocycles. The van der Waals surface area contributed by atoms with Crippen molar-refractivity contribution in [2.24, 2.45) is 0 Å². The number of hydrogen-bond acceptors (Lipinski definition) is 4. The summed E-state index contributed by atoms with van der Waals surface area (Å²) in [5.74, 6) is 0.439. The van der Waals surface area contributed by atoms with E-state index >= 15 is 0 Å². The van der Waals surface area contributed by atoms with Crippen LogP contribution in [0.5, 0.6) is 0 Å². The third kappa shape index (κ3) is 4.38. The van der Waals surface area contributed by atoms with Gasteiger partial charge in [0.2, 0.25) is 5.91 Å². The lowest BCUT2D eigenvalue weighted by molar-refractivity contribution is -0.111. The number of sulfone groups is 1. The molecule has 25 heavy (non-hydrogen) atoms. The van der Waals surface area contributed by atoms with Crippen molar-refractivity contribution >= 4 is 43.6 Å². The zero-order chi connectivity index (χ0) is 18.0. The molecule has 6 nitrogen and oxygen atoms in total. The molecule has 0 saturated carbocycles. The fourth-order valence-electron chi connectivity index (χ4n) is 2.80. The molecule has 1 aliphatic rings. The summed E-state index contributed by atoms with van der Waals surface area (Å²) in [6.45, 7) is 1.81. The van der Waals surface area contributed by atoms with Crippen LogP contribution in [0.15, 0.2) is 40.9 Å². The van der Waals surface area contributed by atoms with Crippen LogP contribution in [-0.4, -0.2) is 35.6 Å². The van der Waals surface area contributed by atoms with Crippen molar-refractivity contribution in [3.8, 4) is 0 Å². The van der Waals surface area contributed by atoms with Gasteiger partial charge in [0.1, 0.15) is 5.82 Å². The second-order valence-corrected chi connectivity index (χ2v) is 9.10. The molecular weight excluding hydrogens is 406 g/mol. The smallest absolute Gasteiger partial charge is 0.249 e. The first-order valence-corrected chi connectivity index (χ1v) is 10.5. The number of aryl methyl sites for hydroxylation is 1. The van der Waals surface area contributed by atoms with Gasteiger partial charge in [0, 0.05) is 16.6 Å². The Morgan fingerprint density at radius 1 is 1.40 bits per heavy atom. The molecule has 1 N–H and O–H groups in total. The Kier molecular flexibility index (Phi) is 5.10. The van der Waals surface area contributed by atoms with Crippen molar-refractivity contribution in [2.75, 3.05) is 16.8 Å². The second kappa shape index (κ2) is 7.13. The third-order valence-electron chi connectivity index (χ3n) is 3.98. The molecule has 1 saturated heterocycles. The molecule has 132 valence electrons. The van der Waals surface area contributed by atoms with E-state index in [0.29, 0.717) is 12.2 Å². The maximum atomic E-state index is 12.2. The highest BCUT2D eigenvalue weighted by Crippen LogP contribution is 2.27. The van der Waals surface area contributed by atoms with Crippen molar-refractivity contribution in [1.82, 2.24) is 9.78 Å². The highest BCUT2D eigenvalue weighted by atomic mass is 79.9. The van der Waals surface area contributed by atoms with Crippen LogP contribution >= 0.6 is 15.9 Å². The Bertz CT molecular complexity index is 934. The number of aromatic nitrogens is 2. The van der Waals surface area contributed by atoms with E-state index < -0.39 is 9.84 Å². The number of carbonyl (C=O) groups excluding carboxylic acids is 1. The number of rotatable bonds is 4. The molecule has 0 spiro atoms. The van der Waals surface area contributed by atoms with Gasteiger partial charge in [-0.25, -0.2) is 13.1 Å². The zero-order valence-electron chi connectivity index (χ0n) is 13.6. The molecule has 0 bridgehead atoms. The van der Waals surface area contributed by atoms with Crippen LogP contribution in [0.2, 0.25) is 0 Å². The molecule has 1 aliphatic heterocycles. The summed E-state index contributed by atoms with van der Waals surface area (Å²) in [6, 6.07) is 9.10. The number of halogens is 1. The number of carbonyl (C=O) groups is 1. The SMILES string of the molecule is Cc1cc(NC(=O)/C=C/c2ccccc2Br)n(C2CCS(=O)(=O)C2)n1. The number of nitrogens with zero attached hydrogens (tertiary/aromatic N) is 2. The maximum Gasteiger partial charge on any atom is 0.249 e. The van der Waals surface area contributed by atoms with E-state index in [1.807, 2.05) is 31.2 Å². The van der Waals surface area contributed by atoms with Crippen LogP contribution in [-0.2, 0) is 14.6 Å². The van der Waals surface area contributed by atoms with Gasteiger partial charge >= 0.3 is 0 Å². The van der Waals surface area contributed by atoms with E-state index in [2.05, 4.69) is 26.3 Å². The van der Waals surface area contributed by atoms with Gasteiger partial charge in [-0.2, -0.15) is 5.10 Å². The minimum Gasteiger partial charge on any atom is -0.307 e. The zero-order valence-corrected chi connectivity index (χ0v) is 16.0. The molecule has 2 aromatic rings. The maximum absolute atomic E-state index is 12.2. The predicted octanol–water partition coefficient (Wildman–Crippen LogP) is 2.97. The minimum absolute atomic E-state index is 0.0593. The van der Waals surface area contributed by atoms with Crippen LogP contribution in [0.25, 0.3) is 6.08 Å². The summed E-state index contributed by atoms with van der Waals surface area (Å²) in [7, 11) is -3.02. The Labute approximate surface area is 155 Å². The van der Waals surface area contributed by atoms with E-state index in [1.54, 1.807) is 16.8 Å². The lowest BCUT2D eigenvalue weighted by Gasteiger charge is -2.13. The molecule has 8 heteroatoms. The number of amides is 1. The molecule has 0 radical (unpaired) electrons. The van der Waals surface area contributed by atoms with Crippen molar-refractivity contribution < 1.29 is 13.2 Å². The van der Waals surface area contributed by atoms with Crippen molar-refractivity contribution in [1.29, 1.82) is 0 Å². The van der Waals surface area contributed by atoms with Gasteiger partial charge in [0.15, 0.2) is 9.84 Å². The molecular formula is C17H18BrN3O3S. The van der Waals surface area contributed by atoms with E-state index in [1.165, 1.54) is 6.08 Å². The summed E-state index contributed by atoms with van der Waals surface area (Å²) >= 11 is 3.43. The van der Waals surface area contributed by atoms with Crippen LogP contribution in [0.1, 0.15) is 23.7 Å². The van der Waals surface area contributed by atoms with Crippen LogP contribution < -0.4 is 5.32 Å². The van der Waals surface area contributed by atoms with Crippen LogP contribution in [0, 0.1) is 6.92 Å². The van der Waals surface area contributed by atoms with Gasteiger partial charge in [-0.1, -0.05) is 34.1 Å². The monoisotopic (exact) mass is 423 g/mol. The third-order valence-corrected chi connectivity index (χ3v) is 6.46. The van der Waals surface area contributed by atoms with Gasteiger partial charge < -0.3 is 5.32 Å². The van der Waals surface area contributed by atoms with Crippen molar-refractivity contribution in [3.63, 3.8) is 0 Å². The first kappa shape index (κ1) is 17.9. The summed E-state index contributed by atoms with van der Waals surface area (Å²) in [5.41, 5.74) is 1.62. The highest BCUT2D eigenvalue weighted by Gasteiger charge is 2.31. The molecule has 1 atom stereocenters. The van der Waals surface area contributed by atoms with Crippen molar-refractivity contribution in [3.05, 3.63) is 52.1 Å². The van der Waals surface area contributed by atoms with Crippen LogP contribution in [0.3, 0.4) is 0 Å². The van der Waals surface area contributed by atoms with Gasteiger partial charge in [-0.05, 0) is 31.1 Å². The van der Waals surface area contributed by atoms with E-state index in [4.69, 9.17) is 0 Å². The lowest BCUT2D eigenvalue weighted by atomic mass is 10.2. The van der Waals surface area contributed by atoms with Crippen LogP contribution in [0.4, 0.5) is 5.82 Å². The predicted molar refractivity (Wildman–Crippen MR) is 101 cm³/mol.